The molecule has 1 aromatic heterocycles. The number of hydrogen-bond donors (Lipinski definition) is 2. The molecule has 0 aliphatic heterocycles. The molecular formula is C28H29N3O5S2. The summed E-state index contributed by atoms with van der Waals surface area (Å²) in [5, 5.41) is 3.03. The van der Waals surface area contributed by atoms with Crippen LogP contribution < -0.4 is 10.0 Å². The average Bonchev–Trinajstić information content (AvgIpc) is 3.28. The van der Waals surface area contributed by atoms with Crippen molar-refractivity contribution in [1.29, 1.82) is 0 Å². The van der Waals surface area contributed by atoms with E-state index in [9.17, 15) is 18.0 Å². The van der Waals surface area contributed by atoms with E-state index in [1.54, 1.807) is 19.1 Å². The summed E-state index contributed by atoms with van der Waals surface area (Å²) in [4.78, 5) is 29.3. The van der Waals surface area contributed by atoms with Gasteiger partial charge >= 0.3 is 5.97 Å². The zero-order valence-corrected chi connectivity index (χ0v) is 23.0. The molecule has 8 nitrogen and oxygen atoms in total. The van der Waals surface area contributed by atoms with Gasteiger partial charge in [0.05, 0.1) is 20.7 Å². The number of thiazole rings is 1. The molecule has 0 radical (unpaired) electrons. The van der Waals surface area contributed by atoms with Crippen LogP contribution >= 0.6 is 11.3 Å². The highest BCUT2D eigenvalue weighted by Crippen LogP contribution is 2.27. The van der Waals surface area contributed by atoms with E-state index >= 15 is 0 Å². The largest absolute Gasteiger partial charge is 0.452 e. The molecule has 0 saturated carbocycles. The Bertz CT molecular complexity index is 1580. The van der Waals surface area contributed by atoms with Crippen molar-refractivity contribution in [2.75, 3.05) is 16.6 Å². The second-order valence-corrected chi connectivity index (χ2v) is 11.7. The van der Waals surface area contributed by atoms with E-state index in [2.05, 4.69) is 21.9 Å². The van der Waals surface area contributed by atoms with Gasteiger partial charge in [0.15, 0.2) is 11.7 Å². The van der Waals surface area contributed by atoms with Crippen LogP contribution in [-0.2, 0) is 26.0 Å². The molecule has 2 N–H and O–H groups in total. The number of hydrogen-bond acceptors (Lipinski definition) is 7. The lowest BCUT2D eigenvalue weighted by Gasteiger charge is -2.12. The highest BCUT2D eigenvalue weighted by atomic mass is 32.2. The Morgan fingerprint density at radius 3 is 2.50 bits per heavy atom. The van der Waals surface area contributed by atoms with Gasteiger partial charge in [0.2, 0.25) is 0 Å². The molecular weight excluding hydrogens is 522 g/mol. The number of unbranched alkanes of at least 4 members (excludes halogenated alkanes) is 1. The number of carbonyl (C=O) groups excluding carboxylic acids is 2. The highest BCUT2D eigenvalue weighted by molar-refractivity contribution is 7.92. The van der Waals surface area contributed by atoms with Crippen LogP contribution in [0.3, 0.4) is 0 Å². The maximum atomic E-state index is 13.1. The molecule has 0 unspecified atom stereocenters. The maximum Gasteiger partial charge on any atom is 0.338 e. The summed E-state index contributed by atoms with van der Waals surface area (Å²) in [6.45, 7) is 5.20. The molecule has 1 heterocycles. The SMILES string of the molecule is CCCCc1ccc(NS(=O)(=O)c2cc(C(=O)OCC(=O)Nc3nc4ccc(C)cc4s3)ccc2C)cc1. The van der Waals surface area contributed by atoms with Crippen LogP contribution in [0.5, 0.6) is 0 Å². The molecule has 38 heavy (non-hydrogen) atoms. The molecule has 1 amide bonds. The summed E-state index contributed by atoms with van der Waals surface area (Å²) < 4.78 is 34.8. The molecule has 4 aromatic rings. The van der Waals surface area contributed by atoms with E-state index in [4.69, 9.17) is 4.74 Å². The van der Waals surface area contributed by atoms with Crippen molar-refractivity contribution in [3.05, 3.63) is 82.9 Å². The molecule has 4 rings (SSSR count). The Hall–Kier alpha value is -3.76. The summed E-state index contributed by atoms with van der Waals surface area (Å²) in [6.07, 6.45) is 3.08. The Morgan fingerprint density at radius 1 is 1.00 bits per heavy atom. The smallest absolute Gasteiger partial charge is 0.338 e. The van der Waals surface area contributed by atoms with Gasteiger partial charge in [0.25, 0.3) is 15.9 Å². The van der Waals surface area contributed by atoms with E-state index in [-0.39, 0.29) is 10.5 Å². The van der Waals surface area contributed by atoms with E-state index in [1.165, 1.54) is 29.5 Å². The predicted octanol–water partition coefficient (Wildman–Crippen LogP) is 5.85. The quantitative estimate of drug-likeness (QED) is 0.239. The number of fused-ring (bicyclic) bond motifs is 1. The first-order valence-electron chi connectivity index (χ1n) is 12.2. The number of esters is 1. The lowest BCUT2D eigenvalue weighted by molar-refractivity contribution is -0.119. The molecule has 198 valence electrons. The number of sulfonamides is 1. The zero-order valence-electron chi connectivity index (χ0n) is 21.4. The minimum Gasteiger partial charge on any atom is -0.452 e. The van der Waals surface area contributed by atoms with Gasteiger partial charge in [-0.2, -0.15) is 0 Å². The first-order chi connectivity index (χ1) is 18.1. The molecule has 0 aliphatic carbocycles. The summed E-state index contributed by atoms with van der Waals surface area (Å²) in [5.74, 6) is -1.35. The Kier molecular flexibility index (Phi) is 8.43. The number of nitrogens with one attached hydrogen (secondary N) is 2. The number of carbonyl (C=O) groups is 2. The van der Waals surface area contributed by atoms with Gasteiger partial charge in [-0.05, 0) is 79.8 Å². The van der Waals surface area contributed by atoms with Crippen molar-refractivity contribution in [2.45, 2.75) is 44.9 Å². The number of ether oxygens (including phenoxy) is 1. The van der Waals surface area contributed by atoms with Crippen molar-refractivity contribution in [3.63, 3.8) is 0 Å². The van der Waals surface area contributed by atoms with Crippen LogP contribution in [0.25, 0.3) is 10.2 Å². The summed E-state index contributed by atoms with van der Waals surface area (Å²) >= 11 is 1.32. The highest BCUT2D eigenvalue weighted by Gasteiger charge is 2.21. The lowest BCUT2D eigenvalue weighted by atomic mass is 10.1. The second kappa shape index (κ2) is 11.7. The maximum absolute atomic E-state index is 13.1. The first-order valence-corrected chi connectivity index (χ1v) is 14.5. The monoisotopic (exact) mass is 551 g/mol. The molecule has 0 aliphatic rings. The number of aromatic nitrogens is 1. The van der Waals surface area contributed by atoms with E-state index < -0.39 is 28.5 Å². The van der Waals surface area contributed by atoms with Gasteiger partial charge in [-0.1, -0.05) is 48.9 Å². The second-order valence-electron chi connectivity index (χ2n) is 9.00. The Labute approximate surface area is 226 Å². The molecule has 0 atom stereocenters. The average molecular weight is 552 g/mol. The minimum atomic E-state index is -3.96. The van der Waals surface area contributed by atoms with Gasteiger partial charge in [-0.15, -0.1) is 0 Å². The fourth-order valence-electron chi connectivity index (χ4n) is 3.80. The summed E-state index contributed by atoms with van der Waals surface area (Å²) in [7, 11) is -3.96. The molecule has 0 spiro atoms. The zero-order chi connectivity index (χ0) is 27.3. The van der Waals surface area contributed by atoms with E-state index in [0.717, 1.165) is 40.6 Å². The third-order valence-corrected chi connectivity index (χ3v) is 8.32. The fourth-order valence-corrected chi connectivity index (χ4v) is 6.11. The number of amides is 1. The first kappa shape index (κ1) is 27.3. The van der Waals surface area contributed by atoms with Gasteiger partial charge in [-0.3, -0.25) is 14.8 Å². The number of nitrogens with zero attached hydrogens (tertiary/aromatic N) is 1. The van der Waals surface area contributed by atoms with Crippen LogP contribution in [-0.4, -0.2) is 31.9 Å². The van der Waals surface area contributed by atoms with Crippen LogP contribution in [0.1, 0.15) is 46.8 Å². The van der Waals surface area contributed by atoms with Crippen LogP contribution in [0.4, 0.5) is 10.8 Å². The standard InChI is InChI=1S/C28H29N3O5S2/c1-4-5-6-20-9-12-22(13-10-20)31-38(34,35)25-16-21(11-8-19(25)3)27(33)36-17-26(32)30-28-29-23-14-7-18(2)15-24(23)37-28/h7-16,31H,4-6,17H2,1-3H3,(H,29,30,32). The van der Waals surface area contributed by atoms with Crippen LogP contribution in [0.2, 0.25) is 0 Å². The van der Waals surface area contributed by atoms with Crippen molar-refractivity contribution < 1.29 is 22.7 Å². The topological polar surface area (TPSA) is 114 Å². The Balaban J connectivity index is 1.39. The van der Waals surface area contributed by atoms with Crippen LogP contribution in [0.15, 0.2) is 65.6 Å². The number of rotatable bonds is 10. The van der Waals surface area contributed by atoms with E-state index in [0.29, 0.717) is 16.4 Å². The molecule has 3 aromatic carbocycles. The molecule has 10 heteroatoms. The molecule has 0 saturated heterocycles. The van der Waals surface area contributed by atoms with Crippen molar-refractivity contribution in [1.82, 2.24) is 4.98 Å². The number of benzene rings is 3. The third-order valence-electron chi connectivity index (χ3n) is 5.86. The van der Waals surface area contributed by atoms with Crippen molar-refractivity contribution >= 4 is 54.3 Å². The van der Waals surface area contributed by atoms with E-state index in [1.807, 2.05) is 37.3 Å². The van der Waals surface area contributed by atoms with Crippen molar-refractivity contribution in [3.8, 4) is 0 Å². The summed E-state index contributed by atoms with van der Waals surface area (Å²) in [5.41, 5.74) is 3.91. The third kappa shape index (κ3) is 6.76. The minimum absolute atomic E-state index is 0.0224. The van der Waals surface area contributed by atoms with Gasteiger partial charge in [0.1, 0.15) is 0 Å². The number of aryl methyl sites for hydroxylation is 3. The predicted molar refractivity (Wildman–Crippen MR) is 150 cm³/mol. The van der Waals surface area contributed by atoms with Gasteiger partial charge < -0.3 is 4.74 Å². The molecule has 0 bridgehead atoms. The Morgan fingerprint density at radius 2 is 1.76 bits per heavy atom. The van der Waals surface area contributed by atoms with Crippen molar-refractivity contribution in [2.24, 2.45) is 0 Å². The fraction of sp³-hybridized carbons (Fsp3) is 0.250. The lowest BCUT2D eigenvalue weighted by Crippen LogP contribution is -2.21. The van der Waals surface area contributed by atoms with Gasteiger partial charge in [-0.25, -0.2) is 18.2 Å². The summed E-state index contributed by atoms with van der Waals surface area (Å²) in [6, 6.07) is 17.3. The van der Waals surface area contributed by atoms with Crippen LogP contribution in [0, 0.1) is 13.8 Å². The van der Waals surface area contributed by atoms with Gasteiger partial charge in [0, 0.05) is 5.69 Å². The number of anilines is 2. The molecule has 0 fully saturated rings. The normalized spacial score (nSPS) is 11.3.